The molecule has 2 aromatic carbocycles. The van der Waals surface area contributed by atoms with Gasteiger partial charge in [0.25, 0.3) is 0 Å². The molecule has 2 aliphatic rings. The number of rotatable bonds is 1. The van der Waals surface area contributed by atoms with Crippen molar-refractivity contribution in [2.45, 2.75) is 32.3 Å². The summed E-state index contributed by atoms with van der Waals surface area (Å²) in [7, 11) is 0. The summed E-state index contributed by atoms with van der Waals surface area (Å²) in [5, 5.41) is 0. The van der Waals surface area contributed by atoms with Gasteiger partial charge in [0, 0.05) is 21.2 Å². The van der Waals surface area contributed by atoms with E-state index >= 15 is 0 Å². The first-order chi connectivity index (χ1) is 11.9. The van der Waals surface area contributed by atoms with E-state index in [9.17, 15) is 4.79 Å². The Morgan fingerprint density at radius 3 is 2.44 bits per heavy atom. The Kier molecular flexibility index (Phi) is 3.88. The van der Waals surface area contributed by atoms with Gasteiger partial charge in [0.2, 0.25) is 5.78 Å². The second kappa shape index (κ2) is 5.95. The molecule has 0 unspecified atom stereocenters. The van der Waals surface area contributed by atoms with Gasteiger partial charge < -0.3 is 4.74 Å². The van der Waals surface area contributed by atoms with Crippen molar-refractivity contribution >= 4 is 38.9 Å². The van der Waals surface area contributed by atoms with E-state index in [4.69, 9.17) is 4.74 Å². The Hall–Kier alpha value is -2.20. The second-order valence-corrected chi connectivity index (χ2v) is 7.90. The molecule has 0 saturated heterocycles. The van der Waals surface area contributed by atoms with Crippen molar-refractivity contribution in [1.29, 1.82) is 0 Å². The number of fused-ring (bicyclic) bond motifs is 2. The molecule has 4 heteroatoms. The number of allylic oxidation sites excluding steroid dienone is 1. The Bertz CT molecular complexity index is 923. The highest BCUT2D eigenvalue weighted by Crippen LogP contribution is 2.41. The van der Waals surface area contributed by atoms with Gasteiger partial charge in [-0.05, 0) is 51.0 Å². The molecule has 4 rings (SSSR count). The third kappa shape index (κ3) is 2.95. The van der Waals surface area contributed by atoms with Crippen LogP contribution in [0.5, 0.6) is 0 Å². The number of carbonyl (C=O) groups is 1. The van der Waals surface area contributed by atoms with Gasteiger partial charge in [0.1, 0.15) is 17.1 Å². The summed E-state index contributed by atoms with van der Waals surface area (Å²) in [6, 6.07) is 15.5. The highest BCUT2D eigenvalue weighted by Gasteiger charge is 2.38. The average molecular weight is 396 g/mol. The van der Waals surface area contributed by atoms with Gasteiger partial charge in [-0.2, -0.15) is 0 Å². The fraction of sp³-hybridized carbons (Fsp3) is 0.238. The van der Waals surface area contributed by atoms with Crippen molar-refractivity contribution in [2.24, 2.45) is 4.99 Å². The van der Waals surface area contributed by atoms with Crippen LogP contribution >= 0.6 is 15.9 Å². The van der Waals surface area contributed by atoms with E-state index in [1.165, 1.54) is 0 Å². The maximum Gasteiger partial charge on any atom is 0.211 e. The molecule has 0 bridgehead atoms. The summed E-state index contributed by atoms with van der Waals surface area (Å²) >= 11 is 3.43. The molecule has 1 aliphatic heterocycles. The van der Waals surface area contributed by atoms with Gasteiger partial charge in [-0.3, -0.25) is 4.79 Å². The molecule has 1 heterocycles. The minimum atomic E-state index is -0.257. The molecule has 0 aromatic heterocycles. The summed E-state index contributed by atoms with van der Waals surface area (Å²) in [5.41, 5.74) is 3.55. The van der Waals surface area contributed by atoms with E-state index < -0.39 is 0 Å². The van der Waals surface area contributed by atoms with Crippen LogP contribution in [-0.4, -0.2) is 17.1 Å². The molecular formula is C21H18BrNO2. The summed E-state index contributed by atoms with van der Waals surface area (Å²) in [5.74, 6) is 0.707. The molecule has 126 valence electrons. The summed E-state index contributed by atoms with van der Waals surface area (Å²) in [6.07, 6.45) is 1.54. The first-order valence-corrected chi connectivity index (χ1v) is 9.15. The standard InChI is InChI=1S/C21H18BrNO2/c1-21(2)12-11-17-19(24)18(23-14-9-7-13(22)8-10-14)15-5-3-4-6-16(15)20(17)25-21/h3-10H,11-12H2,1-2H3. The zero-order chi connectivity index (χ0) is 17.6. The summed E-state index contributed by atoms with van der Waals surface area (Å²) in [4.78, 5) is 17.8. The molecule has 0 amide bonds. The number of nitrogens with zero attached hydrogens (tertiary/aromatic N) is 1. The fourth-order valence-electron chi connectivity index (χ4n) is 3.27. The maximum absolute atomic E-state index is 13.1. The Balaban J connectivity index is 1.88. The first kappa shape index (κ1) is 16.3. The van der Waals surface area contributed by atoms with Crippen LogP contribution < -0.4 is 0 Å². The molecule has 0 saturated carbocycles. The van der Waals surface area contributed by atoms with Crippen molar-refractivity contribution < 1.29 is 9.53 Å². The molecule has 0 spiro atoms. The fourth-order valence-corrected chi connectivity index (χ4v) is 3.54. The number of ether oxygens (including phenoxy) is 1. The van der Waals surface area contributed by atoms with E-state index in [1.54, 1.807) is 0 Å². The van der Waals surface area contributed by atoms with E-state index in [2.05, 4.69) is 34.8 Å². The van der Waals surface area contributed by atoms with Gasteiger partial charge in [0.05, 0.1) is 5.69 Å². The number of hydrogen-bond donors (Lipinski definition) is 0. The van der Waals surface area contributed by atoms with Crippen LogP contribution in [0.2, 0.25) is 0 Å². The number of aliphatic imine (C=N–C) groups is 1. The topological polar surface area (TPSA) is 38.7 Å². The van der Waals surface area contributed by atoms with Gasteiger partial charge in [0.15, 0.2) is 0 Å². The lowest BCUT2D eigenvalue weighted by Crippen LogP contribution is -2.34. The zero-order valence-electron chi connectivity index (χ0n) is 14.2. The Morgan fingerprint density at radius 2 is 1.72 bits per heavy atom. The molecule has 0 atom stereocenters. The van der Waals surface area contributed by atoms with Crippen molar-refractivity contribution in [3.63, 3.8) is 0 Å². The van der Waals surface area contributed by atoms with Gasteiger partial charge in [-0.15, -0.1) is 0 Å². The predicted molar refractivity (Wildman–Crippen MR) is 103 cm³/mol. The van der Waals surface area contributed by atoms with Gasteiger partial charge >= 0.3 is 0 Å². The molecule has 1 aliphatic carbocycles. The van der Waals surface area contributed by atoms with Crippen LogP contribution in [-0.2, 0) is 9.53 Å². The average Bonchev–Trinajstić information content (AvgIpc) is 2.59. The maximum atomic E-state index is 13.1. The third-order valence-electron chi connectivity index (χ3n) is 4.61. The number of hydrogen-bond acceptors (Lipinski definition) is 3. The summed E-state index contributed by atoms with van der Waals surface area (Å²) in [6.45, 7) is 4.13. The van der Waals surface area contributed by atoms with Crippen LogP contribution in [0.1, 0.15) is 37.8 Å². The van der Waals surface area contributed by atoms with Crippen LogP contribution in [0.3, 0.4) is 0 Å². The molecular weight excluding hydrogens is 378 g/mol. The lowest BCUT2D eigenvalue weighted by atomic mass is 9.82. The van der Waals surface area contributed by atoms with Crippen LogP contribution in [0.25, 0.3) is 5.76 Å². The second-order valence-electron chi connectivity index (χ2n) is 6.98. The van der Waals surface area contributed by atoms with E-state index in [0.29, 0.717) is 5.71 Å². The number of Topliss-reactive ketones (excluding diaryl/α,β-unsaturated/α-hetero) is 1. The van der Waals surface area contributed by atoms with Crippen molar-refractivity contribution in [3.05, 3.63) is 69.7 Å². The molecule has 25 heavy (non-hydrogen) atoms. The lowest BCUT2D eigenvalue weighted by molar-refractivity contribution is -0.110. The molecule has 0 N–H and O–H groups in total. The predicted octanol–water partition coefficient (Wildman–Crippen LogP) is 5.45. The number of carbonyl (C=O) groups excluding carboxylic acids is 1. The van der Waals surface area contributed by atoms with Crippen LogP contribution in [0.4, 0.5) is 5.69 Å². The Labute approximate surface area is 155 Å². The lowest BCUT2D eigenvalue weighted by Gasteiger charge is -2.36. The minimum absolute atomic E-state index is 0.0212. The Morgan fingerprint density at radius 1 is 1.04 bits per heavy atom. The van der Waals surface area contributed by atoms with Crippen molar-refractivity contribution in [2.75, 3.05) is 0 Å². The van der Waals surface area contributed by atoms with Crippen LogP contribution in [0, 0.1) is 0 Å². The first-order valence-electron chi connectivity index (χ1n) is 8.35. The van der Waals surface area contributed by atoms with Gasteiger partial charge in [-0.25, -0.2) is 4.99 Å². The summed E-state index contributed by atoms with van der Waals surface area (Å²) < 4.78 is 7.17. The monoisotopic (exact) mass is 395 g/mol. The SMILES string of the molecule is CC1(C)CCC2=C(O1)c1ccccc1C(=Nc1ccc(Br)cc1)C2=O. The highest BCUT2D eigenvalue weighted by atomic mass is 79.9. The number of halogens is 1. The minimum Gasteiger partial charge on any atom is -0.487 e. The van der Waals surface area contributed by atoms with E-state index in [1.807, 2.05) is 48.5 Å². The highest BCUT2D eigenvalue weighted by molar-refractivity contribution is 9.10. The molecule has 2 aromatic rings. The normalized spacial score (nSPS) is 20.1. The van der Waals surface area contributed by atoms with Gasteiger partial charge in [-0.1, -0.05) is 40.2 Å². The number of benzene rings is 2. The largest absolute Gasteiger partial charge is 0.487 e. The zero-order valence-corrected chi connectivity index (χ0v) is 15.8. The van der Waals surface area contributed by atoms with Crippen molar-refractivity contribution in [3.8, 4) is 0 Å². The van der Waals surface area contributed by atoms with Crippen LogP contribution in [0.15, 0.2) is 63.6 Å². The quantitative estimate of drug-likeness (QED) is 0.643. The third-order valence-corrected chi connectivity index (χ3v) is 5.14. The number of ketones is 1. The molecule has 0 fully saturated rings. The molecule has 3 nitrogen and oxygen atoms in total. The molecule has 0 radical (unpaired) electrons. The van der Waals surface area contributed by atoms with Crippen molar-refractivity contribution in [1.82, 2.24) is 0 Å². The van der Waals surface area contributed by atoms with E-state index in [0.717, 1.165) is 45.5 Å². The smallest absolute Gasteiger partial charge is 0.211 e. The van der Waals surface area contributed by atoms with E-state index in [-0.39, 0.29) is 11.4 Å².